The summed E-state index contributed by atoms with van der Waals surface area (Å²) in [6, 6.07) is 14.8. The van der Waals surface area contributed by atoms with Crippen molar-refractivity contribution in [2.24, 2.45) is 0 Å². The zero-order valence-electron chi connectivity index (χ0n) is 14.3. The third kappa shape index (κ3) is 6.81. The summed E-state index contributed by atoms with van der Waals surface area (Å²) in [6.45, 7) is 0.0523. The summed E-state index contributed by atoms with van der Waals surface area (Å²) in [6.07, 6.45) is -4.51. The second-order valence-corrected chi connectivity index (χ2v) is 7.68. The molecule has 2 aromatic carbocycles. The van der Waals surface area contributed by atoms with Crippen molar-refractivity contribution in [3.8, 4) is 6.07 Å². The molecule has 8 heteroatoms. The van der Waals surface area contributed by atoms with Gasteiger partial charge in [0.05, 0.1) is 16.9 Å². The van der Waals surface area contributed by atoms with Gasteiger partial charge in [0.15, 0.2) is 0 Å². The summed E-state index contributed by atoms with van der Waals surface area (Å²) < 4.78 is 38.9. The molecule has 0 heterocycles. The maximum atomic E-state index is 13.0. The molecule has 27 heavy (non-hydrogen) atoms. The van der Waals surface area contributed by atoms with Crippen LogP contribution in [0.3, 0.4) is 0 Å². The van der Waals surface area contributed by atoms with Gasteiger partial charge in [-0.25, -0.2) is 0 Å². The molecule has 0 aliphatic rings. The zero-order valence-corrected chi connectivity index (χ0v) is 15.9. The third-order valence-corrected chi connectivity index (χ3v) is 4.96. The third-order valence-electron chi connectivity index (χ3n) is 3.61. The molecule has 0 fully saturated rings. The molecule has 0 spiro atoms. The number of halogens is 4. The van der Waals surface area contributed by atoms with Crippen LogP contribution in [0.15, 0.2) is 53.4 Å². The molecular formula is C19H16ClF3N2OS. The Morgan fingerprint density at radius 1 is 1.19 bits per heavy atom. The molecule has 0 radical (unpaired) electrons. The van der Waals surface area contributed by atoms with Crippen molar-refractivity contribution >= 4 is 29.3 Å². The first-order chi connectivity index (χ1) is 12.7. The van der Waals surface area contributed by atoms with E-state index in [1.54, 1.807) is 43.3 Å². The fraction of sp³-hybridized carbons (Fsp3) is 0.263. The molecule has 3 nitrogen and oxygen atoms in total. The summed E-state index contributed by atoms with van der Waals surface area (Å²) in [5.41, 5.74) is 0.925. The second-order valence-electron chi connectivity index (χ2n) is 5.83. The van der Waals surface area contributed by atoms with Crippen LogP contribution in [0.5, 0.6) is 0 Å². The minimum Gasteiger partial charge on any atom is -0.328 e. The number of alkyl halides is 3. The van der Waals surface area contributed by atoms with Crippen molar-refractivity contribution < 1.29 is 18.0 Å². The lowest BCUT2D eigenvalue weighted by atomic mass is 10.1. The predicted molar refractivity (Wildman–Crippen MR) is 99.4 cm³/mol. The number of carbonyl (C=O) groups excluding carboxylic acids is 1. The van der Waals surface area contributed by atoms with Crippen molar-refractivity contribution in [2.75, 3.05) is 6.54 Å². The Morgan fingerprint density at radius 3 is 2.30 bits per heavy atom. The number of thioether (sulfide) groups is 1. The van der Waals surface area contributed by atoms with Crippen LogP contribution in [0.2, 0.25) is 5.02 Å². The maximum absolute atomic E-state index is 13.0. The fourth-order valence-corrected chi connectivity index (χ4v) is 3.44. The highest BCUT2D eigenvalue weighted by Gasteiger charge is 2.34. The molecule has 0 N–H and O–H groups in total. The van der Waals surface area contributed by atoms with E-state index in [4.69, 9.17) is 16.9 Å². The van der Waals surface area contributed by atoms with E-state index in [0.29, 0.717) is 16.1 Å². The zero-order chi connectivity index (χ0) is 20.0. The van der Waals surface area contributed by atoms with Crippen LogP contribution in [-0.4, -0.2) is 28.8 Å². The molecule has 0 saturated carbocycles. The molecule has 1 unspecified atom stereocenters. The van der Waals surface area contributed by atoms with Crippen molar-refractivity contribution in [1.29, 1.82) is 5.26 Å². The van der Waals surface area contributed by atoms with Crippen LogP contribution in [-0.2, 0) is 11.3 Å². The van der Waals surface area contributed by atoms with Gasteiger partial charge in [0.1, 0.15) is 6.54 Å². The lowest BCUT2D eigenvalue weighted by molar-refractivity contribution is -0.161. The van der Waals surface area contributed by atoms with Crippen molar-refractivity contribution in [3.05, 3.63) is 64.7 Å². The van der Waals surface area contributed by atoms with Gasteiger partial charge in [0.25, 0.3) is 0 Å². The molecule has 142 valence electrons. The van der Waals surface area contributed by atoms with Gasteiger partial charge in [-0.05, 0) is 48.9 Å². The second kappa shape index (κ2) is 9.16. The van der Waals surface area contributed by atoms with Crippen LogP contribution in [0.4, 0.5) is 13.2 Å². The number of rotatable bonds is 6. The molecule has 2 aromatic rings. The van der Waals surface area contributed by atoms with E-state index < -0.39 is 23.9 Å². The molecule has 0 aliphatic carbocycles. The lowest BCUT2D eigenvalue weighted by Gasteiger charge is -2.26. The Balaban J connectivity index is 2.14. The van der Waals surface area contributed by atoms with E-state index in [2.05, 4.69) is 0 Å². The smallest absolute Gasteiger partial charge is 0.328 e. The van der Waals surface area contributed by atoms with Gasteiger partial charge in [0.2, 0.25) is 5.91 Å². The van der Waals surface area contributed by atoms with Crippen LogP contribution >= 0.6 is 23.4 Å². The number of hydrogen-bond donors (Lipinski definition) is 0. The molecule has 1 amide bonds. The fourth-order valence-electron chi connectivity index (χ4n) is 2.36. The van der Waals surface area contributed by atoms with E-state index in [9.17, 15) is 18.0 Å². The molecule has 0 aliphatic heterocycles. The molecule has 0 bridgehead atoms. The Kier molecular flexibility index (Phi) is 7.17. The molecule has 0 saturated heterocycles. The Bertz CT molecular complexity index is 817. The quantitative estimate of drug-likeness (QED) is 0.606. The Hall–Kier alpha value is -2.17. The van der Waals surface area contributed by atoms with Gasteiger partial charge in [-0.3, -0.25) is 4.79 Å². The van der Waals surface area contributed by atoms with Gasteiger partial charge in [-0.15, -0.1) is 11.8 Å². The monoisotopic (exact) mass is 412 g/mol. The highest BCUT2D eigenvalue weighted by molar-refractivity contribution is 8.00. The predicted octanol–water partition coefficient (Wildman–Crippen LogP) is 5.28. The average molecular weight is 413 g/mol. The highest BCUT2D eigenvalue weighted by atomic mass is 35.5. The summed E-state index contributed by atoms with van der Waals surface area (Å²) in [5.74, 6) is -0.614. The van der Waals surface area contributed by atoms with E-state index in [1.165, 1.54) is 23.9 Å². The van der Waals surface area contributed by atoms with Crippen LogP contribution in [0.1, 0.15) is 18.1 Å². The molecule has 0 aromatic heterocycles. The van der Waals surface area contributed by atoms with Gasteiger partial charge in [0, 0.05) is 16.5 Å². The minimum atomic E-state index is -4.51. The van der Waals surface area contributed by atoms with Gasteiger partial charge < -0.3 is 4.90 Å². The first-order valence-corrected chi connectivity index (χ1v) is 9.20. The van der Waals surface area contributed by atoms with Gasteiger partial charge >= 0.3 is 6.18 Å². The molecule has 2 rings (SSSR count). The van der Waals surface area contributed by atoms with E-state index in [-0.39, 0.29) is 6.54 Å². The average Bonchev–Trinajstić information content (AvgIpc) is 2.62. The minimum absolute atomic E-state index is 0.185. The highest BCUT2D eigenvalue weighted by Crippen LogP contribution is 2.27. The number of carbonyl (C=O) groups is 1. The normalized spacial score (nSPS) is 12.3. The maximum Gasteiger partial charge on any atom is 0.406 e. The Morgan fingerprint density at radius 2 is 1.78 bits per heavy atom. The van der Waals surface area contributed by atoms with Crippen molar-refractivity contribution in [3.63, 3.8) is 0 Å². The van der Waals surface area contributed by atoms with Crippen LogP contribution in [0, 0.1) is 11.3 Å². The standard InChI is InChI=1S/C19H16ClF3N2OS/c1-13(27-17-8-6-16(20)7-9-17)18(26)25(12-19(21,22)23)11-15-4-2-14(10-24)3-5-15/h2-9,13H,11-12H2,1H3. The van der Waals surface area contributed by atoms with Crippen molar-refractivity contribution in [1.82, 2.24) is 4.90 Å². The summed E-state index contributed by atoms with van der Waals surface area (Å²) in [4.78, 5) is 14.2. The molecular weight excluding hydrogens is 397 g/mol. The summed E-state index contributed by atoms with van der Waals surface area (Å²) >= 11 is 6.99. The van der Waals surface area contributed by atoms with Crippen LogP contribution in [0.25, 0.3) is 0 Å². The van der Waals surface area contributed by atoms with Crippen LogP contribution < -0.4 is 0 Å². The first kappa shape index (κ1) is 21.1. The topological polar surface area (TPSA) is 44.1 Å². The first-order valence-electron chi connectivity index (χ1n) is 7.95. The number of hydrogen-bond acceptors (Lipinski definition) is 3. The van der Waals surface area contributed by atoms with Crippen molar-refractivity contribution in [2.45, 2.75) is 29.8 Å². The largest absolute Gasteiger partial charge is 0.406 e. The summed E-state index contributed by atoms with van der Waals surface area (Å²) in [5, 5.41) is 8.64. The molecule has 1 atom stereocenters. The van der Waals surface area contributed by atoms with E-state index in [0.717, 1.165) is 9.80 Å². The van der Waals surface area contributed by atoms with E-state index >= 15 is 0 Å². The lowest BCUT2D eigenvalue weighted by Crippen LogP contribution is -2.42. The SMILES string of the molecule is CC(Sc1ccc(Cl)cc1)C(=O)N(Cc1ccc(C#N)cc1)CC(F)(F)F. The number of amides is 1. The number of nitrogens with zero attached hydrogens (tertiary/aromatic N) is 2. The number of benzene rings is 2. The van der Waals surface area contributed by atoms with Gasteiger partial charge in [-0.1, -0.05) is 23.7 Å². The Labute approximate surface area is 164 Å². The number of nitriles is 1. The van der Waals surface area contributed by atoms with E-state index in [1.807, 2.05) is 6.07 Å². The summed E-state index contributed by atoms with van der Waals surface area (Å²) in [7, 11) is 0. The van der Waals surface area contributed by atoms with Gasteiger partial charge in [-0.2, -0.15) is 18.4 Å².